The minimum Gasteiger partial charge on any atom is -0.481 e. The molecule has 0 bridgehead atoms. The van der Waals surface area contributed by atoms with Gasteiger partial charge in [-0.05, 0) is 29.9 Å². The van der Waals surface area contributed by atoms with Gasteiger partial charge in [-0.2, -0.15) is 0 Å². The van der Waals surface area contributed by atoms with Gasteiger partial charge in [0.15, 0.2) is 0 Å². The van der Waals surface area contributed by atoms with Gasteiger partial charge in [0.05, 0.1) is 5.92 Å². The molecule has 3 rings (SSSR count). The van der Waals surface area contributed by atoms with Crippen LogP contribution in [-0.2, 0) is 20.9 Å². The van der Waals surface area contributed by atoms with Gasteiger partial charge >= 0.3 is 5.97 Å². The normalized spacial score (nSPS) is 21.5. The zero-order valence-corrected chi connectivity index (χ0v) is 14.4. The Kier molecular flexibility index (Phi) is 5.06. The van der Waals surface area contributed by atoms with Gasteiger partial charge in [0.1, 0.15) is 6.04 Å². The van der Waals surface area contributed by atoms with Crippen molar-refractivity contribution in [3.8, 4) is 0 Å². The van der Waals surface area contributed by atoms with Crippen molar-refractivity contribution in [2.45, 2.75) is 51.1 Å². The summed E-state index contributed by atoms with van der Waals surface area (Å²) in [6.07, 6.45) is 3.97. The number of carboxylic acid groups (broad SMARTS) is 1. The maximum Gasteiger partial charge on any atom is 0.312 e. The van der Waals surface area contributed by atoms with E-state index in [4.69, 9.17) is 0 Å². The number of amides is 2. The summed E-state index contributed by atoms with van der Waals surface area (Å²) < 4.78 is 0. The molecule has 134 valence electrons. The Morgan fingerprint density at radius 3 is 2.52 bits per heavy atom. The van der Waals surface area contributed by atoms with Crippen molar-refractivity contribution >= 4 is 17.8 Å². The first-order chi connectivity index (χ1) is 12.0. The quantitative estimate of drug-likeness (QED) is 0.873. The molecule has 25 heavy (non-hydrogen) atoms. The second-order valence-electron chi connectivity index (χ2n) is 7.03. The van der Waals surface area contributed by atoms with Crippen LogP contribution >= 0.6 is 0 Å². The molecule has 6 heteroatoms. The highest BCUT2D eigenvalue weighted by molar-refractivity contribution is 5.88. The number of benzene rings is 1. The highest BCUT2D eigenvalue weighted by atomic mass is 16.4. The molecule has 2 atom stereocenters. The van der Waals surface area contributed by atoms with Gasteiger partial charge < -0.3 is 15.3 Å². The zero-order chi connectivity index (χ0) is 18.0. The van der Waals surface area contributed by atoms with E-state index in [1.165, 1.54) is 6.92 Å². The average Bonchev–Trinajstić information content (AvgIpc) is 3.12. The highest BCUT2D eigenvalue weighted by Crippen LogP contribution is 2.32. The first-order valence-corrected chi connectivity index (χ1v) is 8.84. The van der Waals surface area contributed by atoms with Crippen LogP contribution in [0.25, 0.3) is 0 Å². The minimum atomic E-state index is -0.929. The van der Waals surface area contributed by atoms with E-state index in [0.717, 1.165) is 36.8 Å². The van der Waals surface area contributed by atoms with Crippen molar-refractivity contribution in [2.24, 2.45) is 5.92 Å². The maximum absolute atomic E-state index is 13.1. The molecule has 1 saturated carbocycles. The number of aliphatic carboxylic acids is 1. The fraction of sp³-hybridized carbons (Fsp3) is 0.526. The molecule has 1 aromatic carbocycles. The van der Waals surface area contributed by atoms with Gasteiger partial charge in [0.2, 0.25) is 11.8 Å². The third-order valence-electron chi connectivity index (χ3n) is 5.30. The molecule has 1 aliphatic heterocycles. The lowest BCUT2D eigenvalue weighted by Gasteiger charge is -2.36. The lowest BCUT2D eigenvalue weighted by molar-refractivity contribution is -0.143. The van der Waals surface area contributed by atoms with Gasteiger partial charge in [-0.25, -0.2) is 0 Å². The molecule has 0 aromatic heterocycles. The topological polar surface area (TPSA) is 86.7 Å². The summed E-state index contributed by atoms with van der Waals surface area (Å²) in [5, 5.41) is 12.4. The molecule has 6 nitrogen and oxygen atoms in total. The second kappa shape index (κ2) is 7.25. The van der Waals surface area contributed by atoms with Gasteiger partial charge in [0, 0.05) is 20.0 Å². The van der Waals surface area contributed by atoms with Crippen LogP contribution in [-0.4, -0.2) is 40.4 Å². The molecule has 1 aliphatic carbocycles. The summed E-state index contributed by atoms with van der Waals surface area (Å²) in [6.45, 7) is 1.95. The first kappa shape index (κ1) is 17.5. The van der Waals surface area contributed by atoms with Crippen LogP contribution in [0, 0.1) is 5.92 Å². The van der Waals surface area contributed by atoms with E-state index in [1.54, 1.807) is 4.90 Å². The molecule has 0 radical (unpaired) electrons. The average molecular weight is 344 g/mol. The van der Waals surface area contributed by atoms with Crippen LogP contribution < -0.4 is 5.32 Å². The fourth-order valence-corrected chi connectivity index (χ4v) is 4.07. The molecular weight excluding hydrogens is 320 g/mol. The molecule has 2 N–H and O–H groups in total. The Hall–Kier alpha value is -2.37. The molecule has 0 spiro atoms. The monoisotopic (exact) mass is 344 g/mol. The Balaban J connectivity index is 1.85. The Labute approximate surface area is 147 Å². The summed E-state index contributed by atoms with van der Waals surface area (Å²) in [7, 11) is 0. The smallest absolute Gasteiger partial charge is 0.312 e. The van der Waals surface area contributed by atoms with E-state index < -0.39 is 17.9 Å². The largest absolute Gasteiger partial charge is 0.481 e. The van der Waals surface area contributed by atoms with Crippen molar-refractivity contribution in [2.75, 3.05) is 6.54 Å². The van der Waals surface area contributed by atoms with E-state index in [9.17, 15) is 19.5 Å². The van der Waals surface area contributed by atoms with Gasteiger partial charge in [-0.15, -0.1) is 0 Å². The molecule has 1 heterocycles. The number of nitrogens with zero attached hydrogens (tertiary/aromatic N) is 1. The first-order valence-electron chi connectivity index (χ1n) is 8.84. The zero-order valence-electron chi connectivity index (χ0n) is 14.4. The maximum atomic E-state index is 13.1. The van der Waals surface area contributed by atoms with Crippen LogP contribution in [0.2, 0.25) is 0 Å². The molecule has 1 aromatic rings. The third-order valence-corrected chi connectivity index (χ3v) is 5.30. The molecular formula is C19H24N2O4. The third kappa shape index (κ3) is 3.67. The lowest BCUT2D eigenvalue weighted by atomic mass is 9.88. The van der Waals surface area contributed by atoms with E-state index in [0.29, 0.717) is 6.54 Å². The number of carbonyl (C=O) groups is 3. The summed E-state index contributed by atoms with van der Waals surface area (Å²) in [5.41, 5.74) is 1.64. The molecule has 2 amide bonds. The van der Waals surface area contributed by atoms with Crippen molar-refractivity contribution in [1.82, 2.24) is 10.2 Å². The van der Waals surface area contributed by atoms with E-state index in [2.05, 4.69) is 5.32 Å². The van der Waals surface area contributed by atoms with Crippen molar-refractivity contribution in [3.63, 3.8) is 0 Å². The standard InChI is InChI=1S/C19H24N2O4/c1-12(22)20-17(13-6-2-3-7-13)18(23)21-10-14-8-4-5-9-15(14)16(11-21)19(24)25/h4-5,8-9,13,16-17H,2-3,6-7,10-11H2,1H3,(H,20,22)(H,24,25). The van der Waals surface area contributed by atoms with E-state index >= 15 is 0 Å². The Morgan fingerprint density at radius 2 is 1.88 bits per heavy atom. The molecule has 1 fully saturated rings. The Bertz CT molecular complexity index is 682. The predicted octanol–water partition coefficient (Wildman–Crippen LogP) is 1.89. The van der Waals surface area contributed by atoms with Crippen LogP contribution in [0.5, 0.6) is 0 Å². The van der Waals surface area contributed by atoms with Crippen molar-refractivity contribution < 1.29 is 19.5 Å². The predicted molar refractivity (Wildman–Crippen MR) is 91.8 cm³/mol. The SMILES string of the molecule is CC(=O)NC(C(=O)N1Cc2ccccc2C(C(=O)O)C1)C1CCCC1. The number of hydrogen-bond acceptors (Lipinski definition) is 3. The second-order valence-corrected chi connectivity index (χ2v) is 7.03. The Morgan fingerprint density at radius 1 is 1.20 bits per heavy atom. The van der Waals surface area contributed by atoms with E-state index in [-0.39, 0.29) is 24.3 Å². The molecule has 0 saturated heterocycles. The van der Waals surface area contributed by atoms with Crippen LogP contribution in [0.15, 0.2) is 24.3 Å². The number of carbonyl (C=O) groups excluding carboxylic acids is 2. The molecule has 2 unspecified atom stereocenters. The number of fused-ring (bicyclic) bond motifs is 1. The summed E-state index contributed by atoms with van der Waals surface area (Å²) in [5.74, 6) is -1.91. The van der Waals surface area contributed by atoms with Gasteiger partial charge in [-0.3, -0.25) is 14.4 Å². The fourth-order valence-electron chi connectivity index (χ4n) is 4.07. The summed E-state index contributed by atoms with van der Waals surface area (Å²) >= 11 is 0. The molecule has 2 aliphatic rings. The highest BCUT2D eigenvalue weighted by Gasteiger charge is 2.38. The lowest BCUT2D eigenvalue weighted by Crippen LogP contribution is -2.53. The summed E-state index contributed by atoms with van der Waals surface area (Å²) in [4.78, 5) is 38.0. The van der Waals surface area contributed by atoms with Crippen LogP contribution in [0.3, 0.4) is 0 Å². The number of nitrogens with one attached hydrogen (secondary N) is 1. The number of carboxylic acids is 1. The summed E-state index contributed by atoms with van der Waals surface area (Å²) in [6, 6.07) is 6.81. The van der Waals surface area contributed by atoms with Gasteiger partial charge in [-0.1, -0.05) is 37.1 Å². The number of hydrogen-bond donors (Lipinski definition) is 2. The van der Waals surface area contributed by atoms with Crippen LogP contribution in [0.1, 0.15) is 49.7 Å². The van der Waals surface area contributed by atoms with E-state index in [1.807, 2.05) is 24.3 Å². The van der Waals surface area contributed by atoms with Crippen LogP contribution in [0.4, 0.5) is 0 Å². The van der Waals surface area contributed by atoms with Gasteiger partial charge in [0.25, 0.3) is 0 Å². The number of rotatable bonds is 4. The minimum absolute atomic E-state index is 0.136. The van der Waals surface area contributed by atoms with Crippen molar-refractivity contribution in [3.05, 3.63) is 35.4 Å². The van der Waals surface area contributed by atoms with Crippen molar-refractivity contribution in [1.29, 1.82) is 0 Å².